The van der Waals surface area contributed by atoms with Gasteiger partial charge in [-0.05, 0) is 31.0 Å². The van der Waals surface area contributed by atoms with E-state index < -0.39 is 0 Å². The van der Waals surface area contributed by atoms with Crippen LogP contribution in [0.2, 0.25) is 0 Å². The fourth-order valence-corrected chi connectivity index (χ4v) is 3.55. The Hall–Kier alpha value is -2.93. The summed E-state index contributed by atoms with van der Waals surface area (Å²) in [6.07, 6.45) is 2.44. The Morgan fingerprint density at radius 2 is 2.07 bits per heavy atom. The highest BCUT2D eigenvalue weighted by Gasteiger charge is 2.23. The maximum atomic E-state index is 13.0. The third-order valence-corrected chi connectivity index (χ3v) is 5.17. The number of hydrogen-bond acceptors (Lipinski definition) is 4. The molecular weight excluding hydrogens is 356 g/mol. The van der Waals surface area contributed by atoms with Gasteiger partial charge in [0.25, 0.3) is 0 Å². The predicted octanol–water partition coefficient (Wildman–Crippen LogP) is 1.71. The summed E-state index contributed by atoms with van der Waals surface area (Å²) in [4.78, 5) is 29.6. The number of amides is 1. The van der Waals surface area contributed by atoms with E-state index in [1.807, 2.05) is 43.3 Å². The van der Waals surface area contributed by atoms with Crippen LogP contribution in [0.15, 0.2) is 47.4 Å². The van der Waals surface area contributed by atoms with E-state index in [1.165, 1.54) is 5.56 Å². The quantitative estimate of drug-likeness (QED) is 0.706. The van der Waals surface area contributed by atoms with Gasteiger partial charge in [0.15, 0.2) is 5.65 Å². The third-order valence-electron chi connectivity index (χ3n) is 5.17. The van der Waals surface area contributed by atoms with Crippen molar-refractivity contribution in [3.8, 4) is 0 Å². The first kappa shape index (κ1) is 18.4. The number of nitrogens with zero attached hydrogens (tertiary/aromatic N) is 3. The Morgan fingerprint density at radius 3 is 2.82 bits per heavy atom. The molecule has 146 valence electrons. The molecule has 0 bridgehead atoms. The molecule has 1 aliphatic rings. The van der Waals surface area contributed by atoms with Crippen LogP contribution in [0.4, 0.5) is 0 Å². The summed E-state index contributed by atoms with van der Waals surface area (Å²) in [7, 11) is 0. The van der Waals surface area contributed by atoms with E-state index >= 15 is 0 Å². The number of hydrogen-bond donors (Lipinski definition) is 1. The van der Waals surface area contributed by atoms with Crippen LogP contribution in [0.25, 0.3) is 11.2 Å². The van der Waals surface area contributed by atoms with Crippen molar-refractivity contribution in [1.82, 2.24) is 19.4 Å². The van der Waals surface area contributed by atoms with Gasteiger partial charge in [0.05, 0.1) is 24.6 Å². The second-order valence-corrected chi connectivity index (χ2v) is 7.20. The molecule has 0 unspecified atom stereocenters. The molecule has 3 aromatic rings. The number of ether oxygens (including phenoxy) is 1. The normalized spacial score (nSPS) is 16.5. The number of aryl methyl sites for hydroxylation is 1. The topological polar surface area (TPSA) is 78.2 Å². The number of pyridine rings is 1. The molecule has 0 saturated carbocycles. The molecule has 0 aliphatic carbocycles. The number of nitrogens with one attached hydrogen (secondary N) is 1. The van der Waals surface area contributed by atoms with Gasteiger partial charge in [0.2, 0.25) is 5.91 Å². The van der Waals surface area contributed by atoms with E-state index in [4.69, 9.17) is 4.74 Å². The molecule has 1 aliphatic heterocycles. The average molecular weight is 380 g/mol. The predicted molar refractivity (Wildman–Crippen MR) is 106 cm³/mol. The summed E-state index contributed by atoms with van der Waals surface area (Å²) in [5.74, 6) is -0.0976. The first-order valence-electron chi connectivity index (χ1n) is 9.58. The summed E-state index contributed by atoms with van der Waals surface area (Å²) >= 11 is 0. The fourth-order valence-electron chi connectivity index (χ4n) is 3.55. The standard InChI is InChI=1S/C21H24N4O3/c1-15-4-6-16(7-5-15)13-25-18-3-2-9-22-19(18)24(21(25)27)11-10-23-20(26)17-8-12-28-14-17/h2-7,9,17H,8,10-14H2,1H3,(H,23,26)/t17-/m0/s1. The minimum Gasteiger partial charge on any atom is -0.381 e. The second kappa shape index (κ2) is 7.98. The summed E-state index contributed by atoms with van der Waals surface area (Å²) < 4.78 is 8.63. The Balaban J connectivity index is 1.54. The molecule has 1 aromatic carbocycles. The molecule has 7 nitrogen and oxygen atoms in total. The van der Waals surface area contributed by atoms with Crippen LogP contribution in [0.5, 0.6) is 0 Å². The minimum atomic E-state index is -0.118. The molecule has 1 N–H and O–H groups in total. The van der Waals surface area contributed by atoms with Gasteiger partial charge in [-0.3, -0.25) is 13.9 Å². The molecule has 0 spiro atoms. The van der Waals surface area contributed by atoms with Gasteiger partial charge in [-0.25, -0.2) is 9.78 Å². The molecule has 7 heteroatoms. The van der Waals surface area contributed by atoms with Crippen molar-refractivity contribution in [2.45, 2.75) is 26.4 Å². The summed E-state index contributed by atoms with van der Waals surface area (Å²) in [5, 5.41) is 2.91. The van der Waals surface area contributed by atoms with Crippen molar-refractivity contribution < 1.29 is 9.53 Å². The Labute approximate surface area is 163 Å². The summed E-state index contributed by atoms with van der Waals surface area (Å²) in [5.41, 5.74) is 3.56. The monoisotopic (exact) mass is 380 g/mol. The van der Waals surface area contributed by atoms with Crippen molar-refractivity contribution in [3.05, 3.63) is 64.2 Å². The maximum Gasteiger partial charge on any atom is 0.330 e. The van der Waals surface area contributed by atoms with E-state index in [9.17, 15) is 9.59 Å². The number of carbonyl (C=O) groups excluding carboxylic acids is 1. The van der Waals surface area contributed by atoms with Gasteiger partial charge in [0.1, 0.15) is 0 Å². The Bertz CT molecular complexity index is 1030. The SMILES string of the molecule is Cc1ccc(Cn2c(=O)n(CCNC(=O)[C@H]3CCOC3)c3ncccc32)cc1. The van der Waals surface area contributed by atoms with Crippen molar-refractivity contribution in [1.29, 1.82) is 0 Å². The lowest BCUT2D eigenvalue weighted by molar-refractivity contribution is -0.124. The molecule has 4 rings (SSSR count). The number of rotatable bonds is 6. The van der Waals surface area contributed by atoms with Gasteiger partial charge in [-0.15, -0.1) is 0 Å². The lowest BCUT2D eigenvalue weighted by Gasteiger charge is -2.09. The molecule has 1 amide bonds. The highest BCUT2D eigenvalue weighted by atomic mass is 16.5. The summed E-state index contributed by atoms with van der Waals surface area (Å²) in [6, 6.07) is 11.9. The number of fused-ring (bicyclic) bond motifs is 1. The largest absolute Gasteiger partial charge is 0.381 e. The van der Waals surface area contributed by atoms with Crippen LogP contribution in [-0.4, -0.2) is 39.8 Å². The first-order chi connectivity index (χ1) is 13.6. The number of benzene rings is 1. The summed E-state index contributed by atoms with van der Waals surface area (Å²) in [6.45, 7) is 4.40. The number of aromatic nitrogens is 3. The minimum absolute atomic E-state index is 0.0121. The maximum absolute atomic E-state index is 13.0. The molecular formula is C21H24N4O3. The molecule has 28 heavy (non-hydrogen) atoms. The van der Waals surface area contributed by atoms with Gasteiger partial charge in [0, 0.05) is 25.9 Å². The number of imidazole rings is 1. The lowest BCUT2D eigenvalue weighted by atomic mass is 10.1. The van der Waals surface area contributed by atoms with Gasteiger partial charge in [-0.2, -0.15) is 0 Å². The lowest BCUT2D eigenvalue weighted by Crippen LogP contribution is -2.35. The van der Waals surface area contributed by atoms with Crippen molar-refractivity contribution in [2.24, 2.45) is 5.92 Å². The van der Waals surface area contributed by atoms with Crippen molar-refractivity contribution >= 4 is 17.1 Å². The van der Waals surface area contributed by atoms with Crippen LogP contribution in [0.3, 0.4) is 0 Å². The molecule has 3 heterocycles. The third kappa shape index (κ3) is 3.71. The smallest absolute Gasteiger partial charge is 0.330 e. The van der Waals surface area contributed by atoms with Crippen LogP contribution >= 0.6 is 0 Å². The molecule has 2 aromatic heterocycles. The first-order valence-corrected chi connectivity index (χ1v) is 9.58. The van der Waals surface area contributed by atoms with Gasteiger partial charge in [-0.1, -0.05) is 29.8 Å². The van der Waals surface area contributed by atoms with Crippen LogP contribution in [0, 0.1) is 12.8 Å². The second-order valence-electron chi connectivity index (χ2n) is 7.20. The molecule has 0 radical (unpaired) electrons. The fraction of sp³-hybridized carbons (Fsp3) is 0.381. The van der Waals surface area contributed by atoms with E-state index in [0.29, 0.717) is 38.5 Å². The van der Waals surface area contributed by atoms with Gasteiger partial charge >= 0.3 is 5.69 Å². The molecule has 1 saturated heterocycles. The number of carbonyl (C=O) groups is 1. The zero-order valence-electron chi connectivity index (χ0n) is 15.9. The van der Waals surface area contributed by atoms with E-state index in [2.05, 4.69) is 10.3 Å². The van der Waals surface area contributed by atoms with E-state index in [-0.39, 0.29) is 17.5 Å². The Morgan fingerprint density at radius 1 is 1.25 bits per heavy atom. The molecule has 1 fully saturated rings. The zero-order valence-corrected chi connectivity index (χ0v) is 15.9. The zero-order chi connectivity index (χ0) is 19.5. The molecule has 1 atom stereocenters. The van der Waals surface area contributed by atoms with Crippen molar-refractivity contribution in [3.63, 3.8) is 0 Å². The highest BCUT2D eigenvalue weighted by molar-refractivity contribution is 5.79. The van der Waals surface area contributed by atoms with Crippen molar-refractivity contribution in [2.75, 3.05) is 19.8 Å². The van der Waals surface area contributed by atoms with Gasteiger partial charge < -0.3 is 10.1 Å². The Kier molecular flexibility index (Phi) is 5.25. The average Bonchev–Trinajstić information content (AvgIpc) is 3.33. The van der Waals surface area contributed by atoms with Crippen LogP contribution < -0.4 is 11.0 Å². The van der Waals surface area contributed by atoms with Crippen LogP contribution in [-0.2, 0) is 22.6 Å². The van der Waals surface area contributed by atoms with E-state index in [1.54, 1.807) is 15.3 Å². The van der Waals surface area contributed by atoms with E-state index in [0.717, 1.165) is 17.5 Å². The highest BCUT2D eigenvalue weighted by Crippen LogP contribution is 2.14. The van der Waals surface area contributed by atoms with Crippen LogP contribution in [0.1, 0.15) is 17.5 Å².